The summed E-state index contributed by atoms with van der Waals surface area (Å²) in [5.74, 6) is 1.16. The fourth-order valence-corrected chi connectivity index (χ4v) is 2.22. The Labute approximate surface area is 106 Å². The van der Waals surface area contributed by atoms with E-state index in [2.05, 4.69) is 5.32 Å². The first-order valence-corrected chi connectivity index (χ1v) is 6.45. The van der Waals surface area contributed by atoms with Crippen LogP contribution < -0.4 is 10.1 Å². The first-order valence-electron chi connectivity index (χ1n) is 6.45. The molecule has 1 aromatic carbocycles. The maximum atomic E-state index is 11.5. The molecule has 1 fully saturated rings. The molecule has 1 atom stereocenters. The number of fused-ring (bicyclic) bond motifs is 1. The highest BCUT2D eigenvalue weighted by Crippen LogP contribution is 2.30. The molecule has 1 amide bonds. The van der Waals surface area contributed by atoms with E-state index in [0.717, 1.165) is 36.1 Å². The van der Waals surface area contributed by atoms with E-state index in [1.807, 2.05) is 18.2 Å². The normalized spacial score (nSPS) is 18.9. The van der Waals surface area contributed by atoms with E-state index in [4.69, 9.17) is 4.74 Å². The van der Waals surface area contributed by atoms with E-state index in [-0.39, 0.29) is 18.4 Å². The summed E-state index contributed by atoms with van der Waals surface area (Å²) in [7, 11) is 0. The Hall–Kier alpha value is -1.55. The quantitative estimate of drug-likeness (QED) is 0.840. The summed E-state index contributed by atoms with van der Waals surface area (Å²) in [6.45, 7) is 1.00. The van der Waals surface area contributed by atoms with Crippen molar-refractivity contribution < 1.29 is 14.6 Å². The van der Waals surface area contributed by atoms with Crippen molar-refractivity contribution in [2.24, 2.45) is 5.92 Å². The summed E-state index contributed by atoms with van der Waals surface area (Å²) in [4.78, 5) is 11.5. The lowest BCUT2D eigenvalue weighted by atomic mass is 10.0. The molecule has 4 heteroatoms. The predicted octanol–water partition coefficient (Wildman–Crippen LogP) is 1.18. The highest BCUT2D eigenvalue weighted by Gasteiger charge is 2.29. The summed E-state index contributed by atoms with van der Waals surface area (Å²) in [5.41, 5.74) is 1.98. The fourth-order valence-electron chi connectivity index (χ4n) is 2.22. The molecule has 96 valence electrons. The molecule has 1 aromatic rings. The van der Waals surface area contributed by atoms with Crippen molar-refractivity contribution in [3.05, 3.63) is 29.3 Å². The van der Waals surface area contributed by atoms with Gasteiger partial charge in [0.05, 0.1) is 12.7 Å². The zero-order valence-electron chi connectivity index (χ0n) is 10.2. The molecule has 1 heterocycles. The van der Waals surface area contributed by atoms with Gasteiger partial charge in [0.1, 0.15) is 5.75 Å². The van der Waals surface area contributed by atoms with Gasteiger partial charge >= 0.3 is 0 Å². The molecular weight excluding hydrogens is 230 g/mol. The van der Waals surface area contributed by atoms with Gasteiger partial charge in [0.25, 0.3) is 0 Å². The molecule has 1 aliphatic carbocycles. The minimum Gasteiger partial charge on any atom is -0.493 e. The number of carbonyl (C=O) groups is 1. The zero-order chi connectivity index (χ0) is 12.5. The molecule has 0 saturated heterocycles. The number of rotatable bonds is 4. The topological polar surface area (TPSA) is 58.6 Å². The van der Waals surface area contributed by atoms with Crippen LogP contribution >= 0.6 is 0 Å². The molecule has 2 N–H and O–H groups in total. The molecule has 1 aliphatic heterocycles. The van der Waals surface area contributed by atoms with Gasteiger partial charge in [0, 0.05) is 18.9 Å². The third kappa shape index (κ3) is 2.34. The van der Waals surface area contributed by atoms with Gasteiger partial charge < -0.3 is 15.2 Å². The number of nitrogens with one attached hydrogen (secondary N) is 1. The van der Waals surface area contributed by atoms with Crippen LogP contribution in [0.3, 0.4) is 0 Å². The molecule has 0 radical (unpaired) electrons. The Kier molecular flexibility index (Phi) is 2.96. The minimum atomic E-state index is -0.640. The SMILES string of the molecule is O=C(NC[C@H](O)c1ccc2c(c1)CCO2)C1CC1. The van der Waals surface area contributed by atoms with Crippen molar-refractivity contribution >= 4 is 5.91 Å². The molecule has 1 saturated carbocycles. The first kappa shape index (κ1) is 11.5. The summed E-state index contributed by atoms with van der Waals surface area (Å²) in [5, 5.41) is 12.8. The highest BCUT2D eigenvalue weighted by atomic mass is 16.5. The van der Waals surface area contributed by atoms with Crippen LogP contribution in [0, 0.1) is 5.92 Å². The number of carbonyl (C=O) groups excluding carboxylic acids is 1. The van der Waals surface area contributed by atoms with Crippen LogP contribution in [0.1, 0.15) is 30.1 Å². The van der Waals surface area contributed by atoms with Crippen molar-refractivity contribution in [1.29, 1.82) is 0 Å². The number of benzene rings is 1. The van der Waals surface area contributed by atoms with Gasteiger partial charge in [-0.25, -0.2) is 0 Å². The van der Waals surface area contributed by atoms with Gasteiger partial charge in [-0.05, 0) is 36.1 Å². The molecule has 4 nitrogen and oxygen atoms in total. The zero-order valence-corrected chi connectivity index (χ0v) is 10.2. The van der Waals surface area contributed by atoms with E-state index in [9.17, 15) is 9.90 Å². The first-order chi connectivity index (χ1) is 8.74. The Morgan fingerprint density at radius 2 is 2.33 bits per heavy atom. The number of hydrogen-bond donors (Lipinski definition) is 2. The minimum absolute atomic E-state index is 0.0681. The van der Waals surface area contributed by atoms with E-state index in [0.29, 0.717) is 6.61 Å². The number of amides is 1. The highest BCUT2D eigenvalue weighted by molar-refractivity contribution is 5.80. The second-order valence-electron chi connectivity index (χ2n) is 5.00. The van der Waals surface area contributed by atoms with Crippen LogP contribution in [-0.2, 0) is 11.2 Å². The molecule has 0 bridgehead atoms. The van der Waals surface area contributed by atoms with Crippen molar-refractivity contribution in [1.82, 2.24) is 5.32 Å². The predicted molar refractivity (Wildman–Crippen MR) is 66.3 cm³/mol. The Morgan fingerprint density at radius 1 is 1.50 bits per heavy atom. The van der Waals surface area contributed by atoms with Crippen molar-refractivity contribution in [3.8, 4) is 5.75 Å². The Bertz CT molecular complexity index is 468. The van der Waals surface area contributed by atoms with Crippen LogP contribution in [0.2, 0.25) is 0 Å². The van der Waals surface area contributed by atoms with Crippen LogP contribution in [-0.4, -0.2) is 24.2 Å². The van der Waals surface area contributed by atoms with E-state index in [1.54, 1.807) is 0 Å². The molecule has 2 aliphatic rings. The second-order valence-corrected chi connectivity index (χ2v) is 5.00. The monoisotopic (exact) mass is 247 g/mol. The van der Waals surface area contributed by atoms with Gasteiger partial charge in [-0.2, -0.15) is 0 Å². The van der Waals surface area contributed by atoms with Crippen molar-refractivity contribution in [2.75, 3.05) is 13.2 Å². The summed E-state index contributed by atoms with van der Waals surface area (Å²) in [6, 6.07) is 5.72. The van der Waals surface area contributed by atoms with Crippen LogP contribution in [0.15, 0.2) is 18.2 Å². The smallest absolute Gasteiger partial charge is 0.223 e. The van der Waals surface area contributed by atoms with Gasteiger partial charge in [0.15, 0.2) is 0 Å². The fraction of sp³-hybridized carbons (Fsp3) is 0.500. The lowest BCUT2D eigenvalue weighted by Gasteiger charge is -2.13. The molecule has 3 rings (SSSR count). The number of aliphatic hydroxyl groups is 1. The maximum absolute atomic E-state index is 11.5. The van der Waals surface area contributed by atoms with Crippen molar-refractivity contribution in [2.45, 2.75) is 25.4 Å². The lowest BCUT2D eigenvalue weighted by molar-refractivity contribution is -0.122. The van der Waals surface area contributed by atoms with Gasteiger partial charge in [0.2, 0.25) is 5.91 Å². The summed E-state index contributed by atoms with van der Waals surface area (Å²) >= 11 is 0. The Balaban J connectivity index is 1.61. The average molecular weight is 247 g/mol. The molecule has 18 heavy (non-hydrogen) atoms. The largest absolute Gasteiger partial charge is 0.493 e. The van der Waals surface area contributed by atoms with Crippen LogP contribution in [0.4, 0.5) is 0 Å². The third-order valence-corrected chi connectivity index (χ3v) is 3.52. The molecule has 0 aromatic heterocycles. The van der Waals surface area contributed by atoms with Crippen molar-refractivity contribution in [3.63, 3.8) is 0 Å². The van der Waals surface area contributed by atoms with Gasteiger partial charge in [-0.1, -0.05) is 6.07 Å². The molecular formula is C14H17NO3. The van der Waals surface area contributed by atoms with E-state index in [1.165, 1.54) is 0 Å². The number of hydrogen-bond acceptors (Lipinski definition) is 3. The van der Waals surface area contributed by atoms with Crippen LogP contribution in [0.5, 0.6) is 5.75 Å². The van der Waals surface area contributed by atoms with E-state index < -0.39 is 6.10 Å². The summed E-state index contributed by atoms with van der Waals surface area (Å²) in [6.07, 6.45) is 2.22. The second kappa shape index (κ2) is 4.61. The van der Waals surface area contributed by atoms with Gasteiger partial charge in [-0.3, -0.25) is 4.79 Å². The molecule has 0 spiro atoms. The lowest BCUT2D eigenvalue weighted by Crippen LogP contribution is -2.29. The molecule has 0 unspecified atom stereocenters. The maximum Gasteiger partial charge on any atom is 0.223 e. The van der Waals surface area contributed by atoms with Crippen LogP contribution in [0.25, 0.3) is 0 Å². The standard InChI is InChI=1S/C14H17NO3/c16-12(8-15-14(17)9-1-2-9)10-3-4-13-11(7-10)5-6-18-13/h3-4,7,9,12,16H,1-2,5-6,8H2,(H,15,17)/t12-/m0/s1. The van der Waals surface area contributed by atoms with Gasteiger partial charge in [-0.15, -0.1) is 0 Å². The number of ether oxygens (including phenoxy) is 1. The van der Waals surface area contributed by atoms with E-state index >= 15 is 0 Å². The average Bonchev–Trinajstić information content (AvgIpc) is 3.13. The third-order valence-electron chi connectivity index (χ3n) is 3.52. The Morgan fingerprint density at radius 3 is 3.11 bits per heavy atom. The number of aliphatic hydroxyl groups excluding tert-OH is 1. The summed E-state index contributed by atoms with van der Waals surface area (Å²) < 4.78 is 5.42.